The van der Waals surface area contributed by atoms with Crippen LogP contribution in [0.4, 0.5) is 0 Å². The van der Waals surface area contributed by atoms with Gasteiger partial charge in [-0.1, -0.05) is 73.0 Å². The monoisotopic (exact) mass is 519 g/mol. The van der Waals surface area contributed by atoms with E-state index in [-0.39, 0.29) is 24.4 Å². The summed E-state index contributed by atoms with van der Waals surface area (Å²) in [5.41, 5.74) is 3.54. The number of carbonyl (C=O) groups excluding carboxylic acids is 2. The first-order valence-corrected chi connectivity index (χ1v) is 14.6. The van der Waals surface area contributed by atoms with Crippen LogP contribution in [0.1, 0.15) is 62.6 Å². The Hall–Kier alpha value is -2.57. The van der Waals surface area contributed by atoms with Crippen LogP contribution < -0.4 is 5.32 Å². The third kappa shape index (κ3) is 7.71. The molecule has 2 unspecified atom stereocenters. The third-order valence-electron chi connectivity index (χ3n) is 7.41. The number of nitrogens with one attached hydrogen (secondary N) is 1. The quantitative estimate of drug-likeness (QED) is 0.326. The molecule has 1 N–H and O–H groups in total. The topological polar surface area (TPSA) is 52.7 Å². The van der Waals surface area contributed by atoms with Crippen LogP contribution in [0.2, 0.25) is 0 Å². The second kappa shape index (κ2) is 13.3. The zero-order valence-electron chi connectivity index (χ0n) is 22.5. The molecule has 2 aliphatic rings. The number of aryl methyl sites for hydroxylation is 1. The molecule has 2 aromatic rings. The number of hydrogen-bond acceptors (Lipinski definition) is 4. The molecule has 1 saturated heterocycles. The van der Waals surface area contributed by atoms with Crippen molar-refractivity contribution in [3.05, 3.63) is 76.2 Å². The van der Waals surface area contributed by atoms with Crippen molar-refractivity contribution in [2.75, 3.05) is 19.6 Å². The molecule has 0 spiro atoms. The molecule has 2 amide bonds. The average molecular weight is 520 g/mol. The van der Waals surface area contributed by atoms with Gasteiger partial charge in [0, 0.05) is 37.0 Å². The Morgan fingerprint density at radius 3 is 2.57 bits per heavy atom. The summed E-state index contributed by atoms with van der Waals surface area (Å²) in [6.45, 7) is 9.07. The molecule has 5 nitrogen and oxygen atoms in total. The van der Waals surface area contributed by atoms with Gasteiger partial charge in [0.2, 0.25) is 5.91 Å². The normalized spacial score (nSPS) is 20.9. The highest BCUT2D eigenvalue weighted by Crippen LogP contribution is 2.42. The van der Waals surface area contributed by atoms with Crippen LogP contribution in [0.3, 0.4) is 0 Å². The minimum Gasteiger partial charge on any atom is -0.355 e. The summed E-state index contributed by atoms with van der Waals surface area (Å²) in [4.78, 5) is 31.5. The van der Waals surface area contributed by atoms with Gasteiger partial charge in [0.1, 0.15) is 6.54 Å². The summed E-state index contributed by atoms with van der Waals surface area (Å²) in [5, 5.41) is 3.46. The van der Waals surface area contributed by atoms with Crippen LogP contribution in [0.15, 0.2) is 59.5 Å². The molecular formula is C31H41N3O2S. The average Bonchev–Trinajstić information content (AvgIpc) is 2.90. The maximum Gasteiger partial charge on any atom is 0.261 e. The van der Waals surface area contributed by atoms with Gasteiger partial charge in [-0.2, -0.15) is 0 Å². The molecule has 4 rings (SSSR count). The van der Waals surface area contributed by atoms with Gasteiger partial charge in [-0.05, 0) is 57.2 Å². The second-order valence-corrected chi connectivity index (χ2v) is 11.9. The van der Waals surface area contributed by atoms with Crippen molar-refractivity contribution < 1.29 is 9.59 Å². The molecule has 1 saturated carbocycles. The van der Waals surface area contributed by atoms with E-state index in [1.165, 1.54) is 17.5 Å². The minimum atomic E-state index is -0.0570. The molecule has 37 heavy (non-hydrogen) atoms. The second-order valence-electron chi connectivity index (χ2n) is 10.6. The third-order valence-corrected chi connectivity index (χ3v) is 8.81. The zero-order chi connectivity index (χ0) is 26.2. The molecule has 2 atom stereocenters. The number of rotatable bonds is 10. The Bertz CT molecular complexity index is 1070. The largest absolute Gasteiger partial charge is 0.355 e. The van der Waals surface area contributed by atoms with E-state index in [1.54, 1.807) is 11.8 Å². The highest BCUT2D eigenvalue weighted by Gasteiger charge is 2.41. The Labute approximate surface area is 226 Å². The maximum atomic E-state index is 13.5. The lowest BCUT2D eigenvalue weighted by Crippen LogP contribution is -2.54. The zero-order valence-corrected chi connectivity index (χ0v) is 23.3. The van der Waals surface area contributed by atoms with Crippen LogP contribution in [0.25, 0.3) is 6.08 Å². The van der Waals surface area contributed by atoms with E-state index in [9.17, 15) is 9.59 Å². The van der Waals surface area contributed by atoms with E-state index in [0.717, 1.165) is 49.2 Å². The van der Waals surface area contributed by atoms with Gasteiger partial charge >= 0.3 is 0 Å². The van der Waals surface area contributed by atoms with Crippen molar-refractivity contribution in [2.45, 2.75) is 76.8 Å². The number of nitrogens with zero attached hydrogens (tertiary/aromatic N) is 2. The summed E-state index contributed by atoms with van der Waals surface area (Å²) in [5.74, 6) is -0.0591. The SMILES string of the molecule is Cc1ccc(/C=C2\SC3CCCCC3N(CC(=O)NCCCN(Cc3ccccc3)C(C)C)C2=O)cc1. The highest BCUT2D eigenvalue weighted by atomic mass is 32.2. The summed E-state index contributed by atoms with van der Waals surface area (Å²) in [6, 6.07) is 19.3. The molecule has 198 valence electrons. The van der Waals surface area contributed by atoms with Gasteiger partial charge in [-0.25, -0.2) is 0 Å². The van der Waals surface area contributed by atoms with Gasteiger partial charge in [-0.3, -0.25) is 14.5 Å². The van der Waals surface area contributed by atoms with E-state index < -0.39 is 0 Å². The van der Waals surface area contributed by atoms with E-state index in [0.29, 0.717) is 17.8 Å². The van der Waals surface area contributed by atoms with Crippen LogP contribution in [-0.2, 0) is 16.1 Å². The van der Waals surface area contributed by atoms with E-state index in [2.05, 4.69) is 79.5 Å². The van der Waals surface area contributed by atoms with Gasteiger partial charge in [-0.15, -0.1) is 11.8 Å². The molecule has 1 aliphatic carbocycles. The van der Waals surface area contributed by atoms with Crippen LogP contribution in [0.5, 0.6) is 0 Å². The number of hydrogen-bond donors (Lipinski definition) is 1. The summed E-state index contributed by atoms with van der Waals surface area (Å²) < 4.78 is 0. The summed E-state index contributed by atoms with van der Waals surface area (Å²) in [6.07, 6.45) is 7.27. The number of carbonyl (C=O) groups is 2. The Balaban J connectivity index is 1.33. The van der Waals surface area contributed by atoms with Gasteiger partial charge < -0.3 is 10.2 Å². The number of amides is 2. The predicted octanol–water partition coefficient (Wildman–Crippen LogP) is 5.64. The number of thioether (sulfide) groups is 1. The Morgan fingerprint density at radius 2 is 1.84 bits per heavy atom. The molecule has 0 radical (unpaired) electrons. The van der Waals surface area contributed by atoms with Gasteiger partial charge in [0.05, 0.1) is 4.91 Å². The fraction of sp³-hybridized carbons (Fsp3) is 0.484. The molecule has 0 bridgehead atoms. The fourth-order valence-corrected chi connectivity index (χ4v) is 6.71. The lowest BCUT2D eigenvalue weighted by molar-refractivity contribution is -0.135. The molecule has 2 fully saturated rings. The summed E-state index contributed by atoms with van der Waals surface area (Å²) >= 11 is 1.71. The van der Waals surface area contributed by atoms with Gasteiger partial charge in [0.25, 0.3) is 5.91 Å². The van der Waals surface area contributed by atoms with Crippen molar-refractivity contribution in [1.29, 1.82) is 0 Å². The predicted molar refractivity (Wildman–Crippen MR) is 154 cm³/mol. The molecular weight excluding hydrogens is 478 g/mol. The lowest BCUT2D eigenvalue weighted by Gasteiger charge is -2.43. The first kappa shape index (κ1) is 27.5. The van der Waals surface area contributed by atoms with E-state index in [4.69, 9.17) is 0 Å². The Morgan fingerprint density at radius 1 is 1.11 bits per heavy atom. The van der Waals surface area contributed by atoms with Crippen molar-refractivity contribution >= 4 is 29.7 Å². The van der Waals surface area contributed by atoms with Crippen molar-refractivity contribution in [3.8, 4) is 0 Å². The molecule has 0 aromatic heterocycles. The number of fused-ring (bicyclic) bond motifs is 1. The van der Waals surface area contributed by atoms with Crippen LogP contribution in [0, 0.1) is 6.92 Å². The van der Waals surface area contributed by atoms with Gasteiger partial charge in [0.15, 0.2) is 0 Å². The molecule has 2 aromatic carbocycles. The smallest absolute Gasteiger partial charge is 0.261 e. The van der Waals surface area contributed by atoms with Crippen molar-refractivity contribution in [2.24, 2.45) is 0 Å². The maximum absolute atomic E-state index is 13.5. The van der Waals surface area contributed by atoms with E-state index in [1.807, 2.05) is 17.0 Å². The lowest BCUT2D eigenvalue weighted by atomic mass is 9.93. The van der Waals surface area contributed by atoms with Crippen molar-refractivity contribution in [1.82, 2.24) is 15.1 Å². The highest BCUT2D eigenvalue weighted by molar-refractivity contribution is 8.04. The molecule has 1 heterocycles. The minimum absolute atomic E-state index is 0.00211. The Kier molecular flexibility index (Phi) is 9.87. The van der Waals surface area contributed by atoms with Crippen molar-refractivity contribution in [3.63, 3.8) is 0 Å². The van der Waals surface area contributed by atoms with E-state index >= 15 is 0 Å². The van der Waals surface area contributed by atoms with Crippen LogP contribution >= 0.6 is 11.8 Å². The first-order chi connectivity index (χ1) is 17.9. The summed E-state index contributed by atoms with van der Waals surface area (Å²) in [7, 11) is 0. The fourth-order valence-electron chi connectivity index (χ4n) is 5.23. The molecule has 6 heteroatoms. The van der Waals surface area contributed by atoms with Crippen LogP contribution in [-0.4, -0.2) is 58.6 Å². The standard InChI is InChI=1S/C31H41N3O2S/c1-23(2)33(21-26-10-5-4-6-11-26)19-9-18-32-30(35)22-34-27-12-7-8-13-28(27)37-29(31(34)36)20-25-16-14-24(3)15-17-25/h4-6,10-11,14-17,20,23,27-28H,7-9,12-13,18-19,21-22H2,1-3H3,(H,32,35)/b29-20-. The first-order valence-electron chi connectivity index (χ1n) is 13.7. The molecule has 1 aliphatic heterocycles. The number of benzene rings is 2.